The lowest BCUT2D eigenvalue weighted by atomic mass is 9.92. The smallest absolute Gasteiger partial charge is 0.293 e. The van der Waals surface area contributed by atoms with Crippen molar-refractivity contribution in [3.05, 3.63) is 33.3 Å². The standard InChI is InChI=1S/C13H17ClN2O2/c1-13(2)7-6-9(8-13)15-12-10(14)4-3-5-11(12)16(17)18/h3-5,9,15H,6-8H2,1-2H3. The van der Waals surface area contributed by atoms with Gasteiger partial charge in [-0.15, -0.1) is 0 Å². The van der Waals surface area contributed by atoms with E-state index in [2.05, 4.69) is 19.2 Å². The van der Waals surface area contributed by atoms with Crippen LogP contribution in [-0.2, 0) is 0 Å². The third kappa shape index (κ3) is 2.75. The van der Waals surface area contributed by atoms with Gasteiger partial charge in [-0.05, 0) is 30.7 Å². The summed E-state index contributed by atoms with van der Waals surface area (Å²) in [5, 5.41) is 14.6. The number of para-hydroxylation sites is 1. The van der Waals surface area contributed by atoms with Gasteiger partial charge in [0.15, 0.2) is 0 Å². The first-order valence-electron chi connectivity index (χ1n) is 6.08. The van der Waals surface area contributed by atoms with Crippen LogP contribution in [0.1, 0.15) is 33.1 Å². The maximum atomic E-state index is 11.0. The second-order valence-corrected chi connectivity index (χ2v) is 6.05. The highest BCUT2D eigenvalue weighted by atomic mass is 35.5. The molecule has 1 aromatic carbocycles. The van der Waals surface area contributed by atoms with Crippen LogP contribution in [0.25, 0.3) is 0 Å². The van der Waals surface area contributed by atoms with Crippen LogP contribution in [0.4, 0.5) is 11.4 Å². The van der Waals surface area contributed by atoms with E-state index < -0.39 is 4.92 Å². The molecule has 1 unspecified atom stereocenters. The molecule has 0 aliphatic heterocycles. The molecule has 0 saturated heterocycles. The molecule has 1 saturated carbocycles. The monoisotopic (exact) mass is 268 g/mol. The van der Waals surface area contributed by atoms with E-state index >= 15 is 0 Å². The Kier molecular flexibility index (Phi) is 3.48. The number of nitro groups is 1. The molecule has 0 aromatic heterocycles. The van der Waals surface area contributed by atoms with Gasteiger partial charge in [0.1, 0.15) is 5.69 Å². The van der Waals surface area contributed by atoms with Gasteiger partial charge >= 0.3 is 0 Å². The summed E-state index contributed by atoms with van der Waals surface area (Å²) in [7, 11) is 0. The van der Waals surface area contributed by atoms with Gasteiger partial charge in [0, 0.05) is 12.1 Å². The quantitative estimate of drug-likeness (QED) is 0.659. The van der Waals surface area contributed by atoms with Crippen molar-refractivity contribution in [2.45, 2.75) is 39.2 Å². The Morgan fingerprint density at radius 2 is 2.22 bits per heavy atom. The van der Waals surface area contributed by atoms with Gasteiger partial charge in [0.25, 0.3) is 5.69 Å². The molecule has 1 aliphatic rings. The Morgan fingerprint density at radius 3 is 2.78 bits per heavy atom. The fourth-order valence-electron chi connectivity index (χ4n) is 2.57. The highest BCUT2D eigenvalue weighted by Gasteiger charge is 2.32. The largest absolute Gasteiger partial charge is 0.376 e. The van der Waals surface area contributed by atoms with Crippen molar-refractivity contribution in [3.63, 3.8) is 0 Å². The van der Waals surface area contributed by atoms with Crippen LogP contribution in [0.2, 0.25) is 5.02 Å². The van der Waals surface area contributed by atoms with E-state index in [0.29, 0.717) is 16.1 Å². The first-order chi connectivity index (χ1) is 8.39. The maximum absolute atomic E-state index is 11.0. The zero-order chi connectivity index (χ0) is 13.3. The van der Waals surface area contributed by atoms with Gasteiger partial charge in [0.2, 0.25) is 0 Å². The molecule has 1 fully saturated rings. The minimum absolute atomic E-state index is 0.0483. The van der Waals surface area contributed by atoms with Crippen molar-refractivity contribution in [1.82, 2.24) is 0 Å². The van der Waals surface area contributed by atoms with Gasteiger partial charge in [-0.25, -0.2) is 0 Å². The minimum atomic E-state index is -0.395. The van der Waals surface area contributed by atoms with Gasteiger partial charge in [-0.2, -0.15) is 0 Å². The molecule has 0 bridgehead atoms. The normalized spacial score (nSPS) is 21.8. The van der Waals surface area contributed by atoms with Crippen molar-refractivity contribution < 1.29 is 4.92 Å². The van der Waals surface area contributed by atoms with Crippen molar-refractivity contribution >= 4 is 23.0 Å². The molecule has 0 radical (unpaired) electrons. The highest BCUT2D eigenvalue weighted by molar-refractivity contribution is 6.33. The number of hydrogen-bond donors (Lipinski definition) is 1. The molecule has 0 amide bonds. The summed E-state index contributed by atoms with van der Waals surface area (Å²) in [5.41, 5.74) is 0.798. The molecule has 1 aromatic rings. The number of hydrogen-bond acceptors (Lipinski definition) is 3. The summed E-state index contributed by atoms with van der Waals surface area (Å²) in [6.45, 7) is 4.44. The van der Waals surface area contributed by atoms with Crippen molar-refractivity contribution in [2.75, 3.05) is 5.32 Å². The zero-order valence-electron chi connectivity index (χ0n) is 10.6. The average Bonchev–Trinajstić information content (AvgIpc) is 2.61. The predicted octanol–water partition coefficient (Wildman–Crippen LogP) is 4.24. The van der Waals surface area contributed by atoms with Crippen LogP contribution in [0.3, 0.4) is 0 Å². The summed E-state index contributed by atoms with van der Waals surface area (Å²) in [5.74, 6) is 0. The van der Waals surface area contributed by atoms with E-state index in [9.17, 15) is 10.1 Å². The topological polar surface area (TPSA) is 55.2 Å². The average molecular weight is 269 g/mol. The Bertz CT molecular complexity index is 474. The summed E-state index contributed by atoms with van der Waals surface area (Å²) >= 11 is 6.06. The molecule has 0 spiro atoms. The van der Waals surface area contributed by atoms with Crippen LogP contribution < -0.4 is 5.32 Å². The van der Waals surface area contributed by atoms with Crippen LogP contribution >= 0.6 is 11.6 Å². The molecule has 0 heterocycles. The second kappa shape index (κ2) is 4.76. The molecule has 1 atom stereocenters. The van der Waals surface area contributed by atoms with E-state index in [1.54, 1.807) is 12.1 Å². The molecule has 5 heteroatoms. The Labute approximate surface area is 111 Å². The molecule has 4 nitrogen and oxygen atoms in total. The molecular formula is C13H17ClN2O2. The summed E-state index contributed by atoms with van der Waals surface area (Å²) < 4.78 is 0. The molecule has 2 rings (SSSR count). The first kappa shape index (κ1) is 13.1. The van der Waals surface area contributed by atoms with E-state index in [-0.39, 0.29) is 11.7 Å². The lowest BCUT2D eigenvalue weighted by Gasteiger charge is -2.19. The third-order valence-electron chi connectivity index (χ3n) is 3.51. The Hall–Kier alpha value is -1.29. The second-order valence-electron chi connectivity index (χ2n) is 5.64. The first-order valence-corrected chi connectivity index (χ1v) is 6.46. The summed E-state index contributed by atoms with van der Waals surface area (Å²) in [6.07, 6.45) is 3.16. The number of nitrogens with zero attached hydrogens (tertiary/aromatic N) is 1. The fraction of sp³-hybridized carbons (Fsp3) is 0.538. The SMILES string of the molecule is CC1(C)CCC(Nc2c(Cl)cccc2[N+](=O)[O-])C1. The molecule has 98 valence electrons. The van der Waals surface area contributed by atoms with Crippen LogP contribution in [0.15, 0.2) is 18.2 Å². The summed E-state index contributed by atoms with van der Waals surface area (Å²) in [4.78, 5) is 10.6. The maximum Gasteiger partial charge on any atom is 0.293 e. The highest BCUT2D eigenvalue weighted by Crippen LogP contribution is 2.40. The van der Waals surface area contributed by atoms with Crippen molar-refractivity contribution in [2.24, 2.45) is 5.41 Å². The van der Waals surface area contributed by atoms with Gasteiger partial charge < -0.3 is 5.32 Å². The van der Waals surface area contributed by atoms with Gasteiger partial charge in [0.05, 0.1) is 9.95 Å². The van der Waals surface area contributed by atoms with Crippen LogP contribution in [0.5, 0.6) is 0 Å². The third-order valence-corrected chi connectivity index (χ3v) is 3.82. The number of nitrogens with one attached hydrogen (secondary N) is 1. The molecule has 1 N–H and O–H groups in total. The van der Waals surface area contributed by atoms with E-state index in [0.717, 1.165) is 19.3 Å². The lowest BCUT2D eigenvalue weighted by Crippen LogP contribution is -2.18. The fourth-order valence-corrected chi connectivity index (χ4v) is 2.80. The van der Waals surface area contributed by atoms with E-state index in [1.807, 2.05) is 0 Å². The Morgan fingerprint density at radius 1 is 1.50 bits per heavy atom. The number of nitro benzene ring substituents is 1. The van der Waals surface area contributed by atoms with Crippen molar-refractivity contribution in [1.29, 1.82) is 0 Å². The van der Waals surface area contributed by atoms with Crippen LogP contribution in [-0.4, -0.2) is 11.0 Å². The lowest BCUT2D eigenvalue weighted by molar-refractivity contribution is -0.384. The minimum Gasteiger partial charge on any atom is -0.376 e. The van der Waals surface area contributed by atoms with E-state index in [1.165, 1.54) is 6.07 Å². The summed E-state index contributed by atoms with van der Waals surface area (Å²) in [6, 6.07) is 5.02. The van der Waals surface area contributed by atoms with Crippen molar-refractivity contribution in [3.8, 4) is 0 Å². The molecular weight excluding hydrogens is 252 g/mol. The molecule has 18 heavy (non-hydrogen) atoms. The van der Waals surface area contributed by atoms with E-state index in [4.69, 9.17) is 11.6 Å². The van der Waals surface area contributed by atoms with Gasteiger partial charge in [-0.1, -0.05) is 31.5 Å². The molecule has 1 aliphatic carbocycles. The van der Waals surface area contributed by atoms with Crippen LogP contribution in [0, 0.1) is 15.5 Å². The number of rotatable bonds is 3. The predicted molar refractivity (Wildman–Crippen MR) is 73.1 cm³/mol. The number of benzene rings is 1. The van der Waals surface area contributed by atoms with Gasteiger partial charge in [-0.3, -0.25) is 10.1 Å². The number of anilines is 1. The number of halogens is 1. The zero-order valence-corrected chi connectivity index (χ0v) is 11.3. The Balaban J connectivity index is 2.21.